The lowest BCUT2D eigenvalue weighted by Crippen LogP contribution is -2.40. The van der Waals surface area contributed by atoms with Gasteiger partial charge in [-0.1, -0.05) is 30.7 Å². The predicted octanol–water partition coefficient (Wildman–Crippen LogP) is 4.56. The Hall–Kier alpha value is -1.03. The zero-order valence-corrected chi connectivity index (χ0v) is 11.4. The Morgan fingerprint density at radius 2 is 1.75 bits per heavy atom. The zero-order valence-electron chi connectivity index (χ0n) is 11.4. The minimum absolute atomic E-state index is 0.0435. The number of hydrogen-bond acceptors (Lipinski definition) is 1. The number of rotatable bonds is 2. The van der Waals surface area contributed by atoms with E-state index in [4.69, 9.17) is 0 Å². The van der Waals surface area contributed by atoms with Gasteiger partial charge in [0.25, 0.3) is 0 Å². The van der Waals surface area contributed by atoms with E-state index in [0.29, 0.717) is 12.3 Å². The minimum Gasteiger partial charge on any atom is -0.309 e. The van der Waals surface area contributed by atoms with Crippen molar-refractivity contribution in [2.24, 2.45) is 5.92 Å². The fourth-order valence-electron chi connectivity index (χ4n) is 3.19. The van der Waals surface area contributed by atoms with Gasteiger partial charge in [0.1, 0.15) is 0 Å². The summed E-state index contributed by atoms with van der Waals surface area (Å²) in [7, 11) is 0. The van der Waals surface area contributed by atoms with Gasteiger partial charge < -0.3 is 5.32 Å². The van der Waals surface area contributed by atoms with Gasteiger partial charge in [0.05, 0.1) is 5.92 Å². The van der Waals surface area contributed by atoms with E-state index in [1.165, 1.54) is 24.8 Å². The molecule has 2 fully saturated rings. The van der Waals surface area contributed by atoms with Crippen LogP contribution in [0.15, 0.2) is 24.3 Å². The largest absolute Gasteiger partial charge is 0.393 e. The first-order chi connectivity index (χ1) is 9.54. The lowest BCUT2D eigenvalue weighted by molar-refractivity contribution is -0.179. The van der Waals surface area contributed by atoms with Crippen molar-refractivity contribution in [2.45, 2.75) is 50.2 Å². The first kappa shape index (κ1) is 13.9. The molecule has 0 aromatic heterocycles. The third kappa shape index (κ3) is 2.85. The molecule has 2 aliphatic rings. The molecule has 0 radical (unpaired) electrons. The topological polar surface area (TPSA) is 12.0 Å². The lowest BCUT2D eigenvalue weighted by atomic mass is 9.79. The van der Waals surface area contributed by atoms with Crippen molar-refractivity contribution in [1.29, 1.82) is 0 Å². The highest BCUT2D eigenvalue weighted by atomic mass is 19.4. The van der Waals surface area contributed by atoms with E-state index in [0.717, 1.165) is 5.56 Å². The normalized spacial score (nSPS) is 28.1. The standard InChI is InChI=1S/C16H20F3N/c17-16(18,19)14-7-8-15(20-10-14)13-6-2-5-12(9-13)11-3-1-4-11/h2,5-6,9,11,14-15,20H,1,3-4,7-8,10H2. The molecule has 110 valence electrons. The van der Waals surface area contributed by atoms with Crippen LogP contribution in [0.3, 0.4) is 0 Å². The summed E-state index contributed by atoms with van der Waals surface area (Å²) in [6, 6.07) is 8.49. The summed E-state index contributed by atoms with van der Waals surface area (Å²) in [5, 5.41) is 3.07. The smallest absolute Gasteiger partial charge is 0.309 e. The third-order valence-electron chi connectivity index (χ3n) is 4.77. The fraction of sp³-hybridized carbons (Fsp3) is 0.625. The molecular weight excluding hydrogens is 263 g/mol. The average Bonchev–Trinajstić information content (AvgIpc) is 2.36. The van der Waals surface area contributed by atoms with E-state index in [1.54, 1.807) is 0 Å². The summed E-state index contributed by atoms with van der Waals surface area (Å²) in [6.45, 7) is 0.0435. The SMILES string of the molecule is FC(F)(F)C1CCC(c2cccc(C3CCC3)c2)NC1. The third-order valence-corrected chi connectivity index (χ3v) is 4.77. The molecule has 0 bridgehead atoms. The molecule has 1 aliphatic carbocycles. The van der Waals surface area contributed by atoms with E-state index in [-0.39, 0.29) is 19.0 Å². The van der Waals surface area contributed by atoms with E-state index < -0.39 is 12.1 Å². The van der Waals surface area contributed by atoms with Crippen LogP contribution in [0.5, 0.6) is 0 Å². The molecule has 2 atom stereocenters. The van der Waals surface area contributed by atoms with Gasteiger partial charge in [-0.15, -0.1) is 0 Å². The van der Waals surface area contributed by atoms with Gasteiger partial charge in [0, 0.05) is 12.6 Å². The van der Waals surface area contributed by atoms with Crippen molar-refractivity contribution in [2.75, 3.05) is 6.54 Å². The van der Waals surface area contributed by atoms with Crippen LogP contribution in [0.25, 0.3) is 0 Å². The first-order valence-electron chi connectivity index (χ1n) is 7.44. The van der Waals surface area contributed by atoms with Gasteiger partial charge in [0.15, 0.2) is 0 Å². The lowest BCUT2D eigenvalue weighted by Gasteiger charge is -2.32. The van der Waals surface area contributed by atoms with E-state index in [1.807, 2.05) is 12.1 Å². The monoisotopic (exact) mass is 283 g/mol. The maximum atomic E-state index is 12.7. The van der Waals surface area contributed by atoms with E-state index in [9.17, 15) is 13.2 Å². The van der Waals surface area contributed by atoms with Gasteiger partial charge >= 0.3 is 6.18 Å². The van der Waals surface area contributed by atoms with Crippen LogP contribution in [-0.4, -0.2) is 12.7 Å². The Morgan fingerprint density at radius 3 is 2.30 bits per heavy atom. The maximum Gasteiger partial charge on any atom is 0.393 e. The molecule has 1 saturated carbocycles. The van der Waals surface area contributed by atoms with E-state index in [2.05, 4.69) is 17.4 Å². The van der Waals surface area contributed by atoms with Gasteiger partial charge in [-0.25, -0.2) is 0 Å². The molecule has 3 rings (SSSR count). The Labute approximate surface area is 117 Å². The molecule has 20 heavy (non-hydrogen) atoms. The van der Waals surface area contributed by atoms with Crippen molar-refractivity contribution in [3.05, 3.63) is 35.4 Å². The summed E-state index contributed by atoms with van der Waals surface area (Å²) in [5.74, 6) is -0.518. The van der Waals surface area contributed by atoms with Crippen LogP contribution in [-0.2, 0) is 0 Å². The molecule has 1 aromatic carbocycles. The van der Waals surface area contributed by atoms with Crippen molar-refractivity contribution >= 4 is 0 Å². The second-order valence-electron chi connectivity index (χ2n) is 6.07. The highest BCUT2D eigenvalue weighted by Gasteiger charge is 2.41. The molecule has 4 heteroatoms. The number of alkyl halides is 3. The summed E-state index contributed by atoms with van der Waals surface area (Å²) < 4.78 is 38.0. The Kier molecular flexibility index (Phi) is 3.76. The van der Waals surface area contributed by atoms with Crippen molar-refractivity contribution in [3.63, 3.8) is 0 Å². The highest BCUT2D eigenvalue weighted by Crippen LogP contribution is 2.39. The second kappa shape index (κ2) is 5.40. The van der Waals surface area contributed by atoms with Gasteiger partial charge in [-0.3, -0.25) is 0 Å². The van der Waals surface area contributed by atoms with Crippen LogP contribution < -0.4 is 5.32 Å². The molecular formula is C16H20F3N. The summed E-state index contributed by atoms with van der Waals surface area (Å²) in [5.41, 5.74) is 2.50. The summed E-state index contributed by atoms with van der Waals surface area (Å²) in [6.07, 6.45) is 0.526. The molecule has 0 amide bonds. The molecule has 2 unspecified atom stereocenters. The number of benzene rings is 1. The molecule has 1 saturated heterocycles. The van der Waals surface area contributed by atoms with Crippen molar-refractivity contribution in [3.8, 4) is 0 Å². The zero-order chi connectivity index (χ0) is 14.2. The van der Waals surface area contributed by atoms with Crippen LogP contribution in [0.2, 0.25) is 0 Å². The van der Waals surface area contributed by atoms with E-state index >= 15 is 0 Å². The minimum atomic E-state index is -4.06. The Morgan fingerprint density at radius 1 is 1.00 bits per heavy atom. The fourth-order valence-corrected chi connectivity index (χ4v) is 3.19. The molecule has 1 N–H and O–H groups in total. The number of piperidine rings is 1. The quantitative estimate of drug-likeness (QED) is 0.839. The molecule has 1 aromatic rings. The summed E-state index contributed by atoms with van der Waals surface area (Å²) >= 11 is 0. The number of hydrogen-bond donors (Lipinski definition) is 1. The molecule has 1 aliphatic heterocycles. The molecule has 1 nitrogen and oxygen atoms in total. The number of nitrogens with one attached hydrogen (secondary N) is 1. The van der Waals surface area contributed by atoms with Crippen LogP contribution >= 0.6 is 0 Å². The van der Waals surface area contributed by atoms with Gasteiger partial charge in [-0.2, -0.15) is 13.2 Å². The molecule has 0 spiro atoms. The average molecular weight is 283 g/mol. The Balaban J connectivity index is 1.66. The Bertz CT molecular complexity index is 457. The number of halogens is 3. The summed E-state index contributed by atoms with van der Waals surface area (Å²) in [4.78, 5) is 0. The predicted molar refractivity (Wildman–Crippen MR) is 72.6 cm³/mol. The van der Waals surface area contributed by atoms with Crippen LogP contribution in [0, 0.1) is 5.92 Å². The highest BCUT2D eigenvalue weighted by molar-refractivity contribution is 5.30. The molecule has 1 heterocycles. The van der Waals surface area contributed by atoms with Crippen molar-refractivity contribution < 1.29 is 13.2 Å². The first-order valence-corrected chi connectivity index (χ1v) is 7.44. The van der Waals surface area contributed by atoms with Gasteiger partial charge in [-0.05, 0) is 42.7 Å². The van der Waals surface area contributed by atoms with Crippen LogP contribution in [0.4, 0.5) is 13.2 Å². The van der Waals surface area contributed by atoms with Gasteiger partial charge in [0.2, 0.25) is 0 Å². The second-order valence-corrected chi connectivity index (χ2v) is 6.07. The maximum absolute atomic E-state index is 12.7. The van der Waals surface area contributed by atoms with Crippen LogP contribution in [0.1, 0.15) is 55.2 Å². The van der Waals surface area contributed by atoms with Crippen molar-refractivity contribution in [1.82, 2.24) is 5.32 Å².